The third-order valence-corrected chi connectivity index (χ3v) is 5.42. The van der Waals surface area contributed by atoms with Crippen molar-refractivity contribution < 1.29 is 8.91 Å². The summed E-state index contributed by atoms with van der Waals surface area (Å²) in [5, 5.41) is 4.05. The van der Waals surface area contributed by atoms with Crippen molar-refractivity contribution in [1.29, 1.82) is 0 Å². The third kappa shape index (κ3) is 4.71. The molecule has 2 N–H and O–H groups in total. The van der Waals surface area contributed by atoms with E-state index in [1.54, 1.807) is 6.20 Å². The molecule has 1 fully saturated rings. The Morgan fingerprint density at radius 1 is 1.00 bits per heavy atom. The third-order valence-electron chi connectivity index (χ3n) is 5.42. The van der Waals surface area contributed by atoms with Gasteiger partial charge in [0.1, 0.15) is 11.6 Å². The largest absolute Gasteiger partial charge is 0.368 e. The molecule has 0 aliphatic carbocycles. The molecule has 1 aromatic carbocycles. The number of hydrogen-bond donors (Lipinski definition) is 1. The van der Waals surface area contributed by atoms with Crippen molar-refractivity contribution in [3.63, 3.8) is 0 Å². The minimum absolute atomic E-state index is 0. The highest BCUT2D eigenvalue weighted by molar-refractivity contribution is 5.85. The second-order valence-electron chi connectivity index (χ2n) is 7.46. The van der Waals surface area contributed by atoms with Crippen LogP contribution in [0.15, 0.2) is 47.1 Å². The van der Waals surface area contributed by atoms with Gasteiger partial charge in [0.05, 0.1) is 5.92 Å². The first-order valence-electron chi connectivity index (χ1n) is 9.82. The molecule has 0 spiro atoms. The van der Waals surface area contributed by atoms with Crippen LogP contribution in [0, 0.1) is 5.82 Å². The second kappa shape index (κ2) is 9.40. The molecular weight excluding hydrogens is 407 g/mol. The first-order valence-corrected chi connectivity index (χ1v) is 9.82. The van der Waals surface area contributed by atoms with Gasteiger partial charge in [-0.05, 0) is 43.3 Å². The van der Waals surface area contributed by atoms with E-state index in [0.717, 1.165) is 43.2 Å². The van der Waals surface area contributed by atoms with Crippen LogP contribution in [0.2, 0.25) is 0 Å². The molecule has 2 unspecified atom stereocenters. The van der Waals surface area contributed by atoms with Crippen molar-refractivity contribution in [3.05, 3.63) is 54.3 Å². The maximum atomic E-state index is 13.1. The van der Waals surface area contributed by atoms with Gasteiger partial charge in [-0.2, -0.15) is 4.98 Å². The molecule has 0 radical (unpaired) electrons. The monoisotopic (exact) mass is 432 g/mol. The molecular formula is C21H26ClFN6O. The SMILES string of the molecule is CC(N)C(C)c1nc(-c2ccc(N3CCN(c4ccc(F)cc4)CC3)nc2)no1.Cl. The predicted octanol–water partition coefficient (Wildman–Crippen LogP) is 3.47. The van der Waals surface area contributed by atoms with Gasteiger partial charge in [-0.3, -0.25) is 0 Å². The number of halogens is 2. The minimum atomic E-state index is -0.211. The summed E-state index contributed by atoms with van der Waals surface area (Å²) in [7, 11) is 0. The van der Waals surface area contributed by atoms with Gasteiger partial charge in [0, 0.05) is 49.7 Å². The molecule has 0 bridgehead atoms. The standard InChI is InChI=1S/C21H25FN6O.ClH/c1-14(15(2)23)21-25-20(26-29-21)16-3-8-19(24-13-16)28-11-9-27(10-12-28)18-6-4-17(22)5-7-18;/h3-8,13-15H,9-12,23H2,1-2H3;1H. The van der Waals surface area contributed by atoms with E-state index >= 15 is 0 Å². The van der Waals surface area contributed by atoms with Crippen LogP contribution in [0.3, 0.4) is 0 Å². The molecule has 160 valence electrons. The quantitative estimate of drug-likeness (QED) is 0.660. The zero-order valence-electron chi connectivity index (χ0n) is 17.0. The Bertz CT molecular complexity index is 939. The minimum Gasteiger partial charge on any atom is -0.368 e. The van der Waals surface area contributed by atoms with Gasteiger partial charge in [-0.15, -0.1) is 12.4 Å². The summed E-state index contributed by atoms with van der Waals surface area (Å²) in [6, 6.07) is 10.5. The molecule has 30 heavy (non-hydrogen) atoms. The topological polar surface area (TPSA) is 84.3 Å². The van der Waals surface area contributed by atoms with Crippen molar-refractivity contribution in [2.45, 2.75) is 25.8 Å². The molecule has 0 saturated carbocycles. The molecule has 2 atom stereocenters. The van der Waals surface area contributed by atoms with Crippen LogP contribution in [0.25, 0.3) is 11.4 Å². The van der Waals surface area contributed by atoms with Crippen molar-refractivity contribution in [2.75, 3.05) is 36.0 Å². The van der Waals surface area contributed by atoms with E-state index in [1.165, 1.54) is 12.1 Å². The second-order valence-corrected chi connectivity index (χ2v) is 7.46. The van der Waals surface area contributed by atoms with Crippen molar-refractivity contribution in [3.8, 4) is 11.4 Å². The lowest BCUT2D eigenvalue weighted by Crippen LogP contribution is -2.46. The van der Waals surface area contributed by atoms with E-state index in [-0.39, 0.29) is 30.2 Å². The number of hydrogen-bond acceptors (Lipinski definition) is 7. The molecule has 4 rings (SSSR count). The number of pyridine rings is 1. The van der Waals surface area contributed by atoms with Gasteiger partial charge in [0.2, 0.25) is 11.7 Å². The van der Waals surface area contributed by atoms with Gasteiger partial charge in [0.15, 0.2) is 0 Å². The Morgan fingerprint density at radius 2 is 1.67 bits per heavy atom. The molecule has 3 aromatic rings. The van der Waals surface area contributed by atoms with E-state index in [1.807, 2.05) is 38.1 Å². The van der Waals surface area contributed by atoms with E-state index in [2.05, 4.69) is 24.9 Å². The Balaban J connectivity index is 0.00000256. The van der Waals surface area contributed by atoms with Gasteiger partial charge in [0.25, 0.3) is 0 Å². The number of anilines is 2. The Hall–Kier alpha value is -2.71. The summed E-state index contributed by atoms with van der Waals surface area (Å²) < 4.78 is 18.5. The van der Waals surface area contributed by atoms with Crippen LogP contribution in [-0.2, 0) is 0 Å². The van der Waals surface area contributed by atoms with Crippen LogP contribution in [-0.4, -0.2) is 47.3 Å². The fourth-order valence-corrected chi connectivity index (χ4v) is 3.31. The van der Waals surface area contributed by atoms with Crippen LogP contribution in [0.4, 0.5) is 15.9 Å². The van der Waals surface area contributed by atoms with E-state index in [0.29, 0.717) is 11.7 Å². The maximum Gasteiger partial charge on any atom is 0.231 e. The molecule has 1 aliphatic heterocycles. The van der Waals surface area contributed by atoms with Gasteiger partial charge >= 0.3 is 0 Å². The highest BCUT2D eigenvalue weighted by Gasteiger charge is 2.20. The van der Waals surface area contributed by atoms with Crippen LogP contribution in [0.5, 0.6) is 0 Å². The molecule has 1 aliphatic rings. The number of nitrogens with two attached hydrogens (primary N) is 1. The number of benzene rings is 1. The normalized spacial score (nSPS) is 16.1. The fraction of sp³-hybridized carbons (Fsp3) is 0.381. The van der Waals surface area contributed by atoms with Crippen molar-refractivity contribution in [1.82, 2.24) is 15.1 Å². The molecule has 0 amide bonds. The summed E-state index contributed by atoms with van der Waals surface area (Å²) >= 11 is 0. The van der Waals surface area contributed by atoms with Crippen LogP contribution >= 0.6 is 12.4 Å². The first kappa shape index (κ1) is 22.0. The number of aromatic nitrogens is 3. The number of piperazine rings is 1. The van der Waals surface area contributed by atoms with E-state index in [4.69, 9.17) is 10.3 Å². The Morgan fingerprint density at radius 3 is 2.27 bits per heavy atom. The zero-order valence-corrected chi connectivity index (χ0v) is 17.8. The molecule has 3 heterocycles. The van der Waals surface area contributed by atoms with Gasteiger partial charge in [-0.25, -0.2) is 9.37 Å². The van der Waals surface area contributed by atoms with Crippen LogP contribution < -0.4 is 15.5 Å². The van der Waals surface area contributed by atoms with E-state index < -0.39 is 0 Å². The van der Waals surface area contributed by atoms with Gasteiger partial charge in [-0.1, -0.05) is 12.1 Å². The number of nitrogens with zero attached hydrogens (tertiary/aromatic N) is 5. The van der Waals surface area contributed by atoms with Gasteiger partial charge < -0.3 is 20.1 Å². The summed E-state index contributed by atoms with van der Waals surface area (Å²) in [6.07, 6.45) is 1.77. The smallest absolute Gasteiger partial charge is 0.231 e. The summed E-state index contributed by atoms with van der Waals surface area (Å²) in [5.74, 6) is 1.77. The average molecular weight is 433 g/mol. The molecule has 9 heteroatoms. The lowest BCUT2D eigenvalue weighted by molar-refractivity contribution is 0.346. The Kier molecular flexibility index (Phi) is 6.89. The Labute approximate surface area is 181 Å². The van der Waals surface area contributed by atoms with E-state index in [9.17, 15) is 4.39 Å². The first-order chi connectivity index (χ1) is 14.0. The predicted molar refractivity (Wildman–Crippen MR) is 118 cm³/mol. The van der Waals surface area contributed by atoms with Crippen molar-refractivity contribution in [2.24, 2.45) is 5.73 Å². The fourth-order valence-electron chi connectivity index (χ4n) is 3.31. The van der Waals surface area contributed by atoms with Crippen LogP contribution in [0.1, 0.15) is 25.7 Å². The highest BCUT2D eigenvalue weighted by atomic mass is 35.5. The number of rotatable bonds is 5. The molecule has 7 nitrogen and oxygen atoms in total. The lowest BCUT2D eigenvalue weighted by atomic mass is 10.1. The summed E-state index contributed by atoms with van der Waals surface area (Å²) in [6.45, 7) is 7.30. The zero-order chi connectivity index (χ0) is 20.4. The average Bonchev–Trinajstić information content (AvgIpc) is 3.24. The summed E-state index contributed by atoms with van der Waals surface area (Å²) in [5.41, 5.74) is 7.76. The highest BCUT2D eigenvalue weighted by Crippen LogP contribution is 2.24. The molecule has 1 saturated heterocycles. The summed E-state index contributed by atoms with van der Waals surface area (Å²) in [4.78, 5) is 13.5. The maximum absolute atomic E-state index is 13.1. The lowest BCUT2D eigenvalue weighted by Gasteiger charge is -2.36. The molecule has 2 aromatic heterocycles. The van der Waals surface area contributed by atoms with Crippen molar-refractivity contribution >= 4 is 23.9 Å².